The zero-order chi connectivity index (χ0) is 62.9. The van der Waals surface area contributed by atoms with Crippen LogP contribution in [0.25, 0.3) is 0 Å². The summed E-state index contributed by atoms with van der Waals surface area (Å²) in [4.78, 5) is 72.1. The lowest BCUT2D eigenvalue weighted by atomic mass is 10.0. The molecule has 0 aliphatic rings. The molecule has 0 saturated heterocycles. The highest BCUT2D eigenvalue weighted by Crippen LogP contribution is 2.45. The van der Waals surface area contributed by atoms with E-state index in [1.807, 2.05) is 0 Å². The van der Waals surface area contributed by atoms with E-state index >= 15 is 0 Å². The second-order valence-corrected chi connectivity index (χ2v) is 27.7. The first-order valence-corrected chi connectivity index (χ1v) is 37.5. The molecule has 0 rings (SSSR count). The Labute approximate surface area is 517 Å². The van der Waals surface area contributed by atoms with Crippen LogP contribution in [0, 0.1) is 11.8 Å². The first-order chi connectivity index (χ1) is 40.9. The van der Waals surface area contributed by atoms with Crippen LogP contribution in [0.5, 0.6) is 0 Å². The number of aliphatic hydroxyl groups is 1. The number of hydrogen-bond donors (Lipinski definition) is 3. The molecule has 0 aliphatic carbocycles. The largest absolute Gasteiger partial charge is 0.472 e. The minimum atomic E-state index is -4.95. The molecule has 0 aliphatic heterocycles. The molecule has 0 spiro atoms. The lowest BCUT2D eigenvalue weighted by Crippen LogP contribution is -2.30. The second-order valence-electron chi connectivity index (χ2n) is 24.8. The Kier molecular flexibility index (Phi) is 57.1. The third kappa shape index (κ3) is 60.7. The number of rotatable bonds is 65. The highest BCUT2D eigenvalue weighted by atomic mass is 31.2. The smallest absolute Gasteiger partial charge is 0.462 e. The van der Waals surface area contributed by atoms with E-state index < -0.39 is 97.5 Å². The molecule has 19 heteroatoms. The molecule has 0 radical (unpaired) electrons. The second kappa shape index (κ2) is 58.4. The van der Waals surface area contributed by atoms with Gasteiger partial charge in [-0.2, -0.15) is 0 Å². The quantitative estimate of drug-likeness (QED) is 0.0222. The van der Waals surface area contributed by atoms with Crippen molar-refractivity contribution in [3.63, 3.8) is 0 Å². The summed E-state index contributed by atoms with van der Waals surface area (Å²) in [6.45, 7) is 9.44. The first-order valence-electron chi connectivity index (χ1n) is 34.5. The third-order valence-corrected chi connectivity index (χ3v) is 17.1. The molecule has 0 bridgehead atoms. The summed E-state index contributed by atoms with van der Waals surface area (Å²) < 4.78 is 67.9. The van der Waals surface area contributed by atoms with Crippen molar-refractivity contribution >= 4 is 39.5 Å². The Hall–Kier alpha value is -1.94. The Morgan fingerprint density at radius 1 is 0.318 bits per heavy atom. The number of ether oxygens (including phenoxy) is 4. The van der Waals surface area contributed by atoms with Crippen molar-refractivity contribution in [2.75, 3.05) is 39.6 Å². The van der Waals surface area contributed by atoms with Crippen molar-refractivity contribution in [1.82, 2.24) is 0 Å². The van der Waals surface area contributed by atoms with Crippen molar-refractivity contribution in [2.24, 2.45) is 11.8 Å². The van der Waals surface area contributed by atoms with Gasteiger partial charge >= 0.3 is 39.5 Å². The summed E-state index contributed by atoms with van der Waals surface area (Å²) in [5.74, 6) is -0.587. The van der Waals surface area contributed by atoms with E-state index in [2.05, 4.69) is 41.5 Å². The summed E-state index contributed by atoms with van der Waals surface area (Å²) in [5, 5.41) is 10.5. The number of hydrogen-bond acceptors (Lipinski definition) is 15. The van der Waals surface area contributed by atoms with Gasteiger partial charge in [-0.05, 0) is 37.5 Å². The van der Waals surface area contributed by atoms with Gasteiger partial charge in [0.05, 0.1) is 26.4 Å². The third-order valence-electron chi connectivity index (χ3n) is 15.2. The highest BCUT2D eigenvalue weighted by molar-refractivity contribution is 7.47. The molecule has 0 fully saturated rings. The maximum Gasteiger partial charge on any atom is 0.472 e. The Balaban J connectivity index is 5.16. The molecule has 0 aromatic carbocycles. The number of unbranched alkanes of at least 4 members (excludes halogenated alkanes) is 35. The monoisotopic (exact) mass is 1250 g/mol. The van der Waals surface area contributed by atoms with Crippen LogP contribution in [0.15, 0.2) is 0 Å². The maximum atomic E-state index is 13.0. The molecule has 5 atom stereocenters. The maximum absolute atomic E-state index is 13.0. The van der Waals surface area contributed by atoms with E-state index in [-0.39, 0.29) is 25.7 Å². The molecule has 0 saturated carbocycles. The molecule has 0 amide bonds. The van der Waals surface area contributed by atoms with Crippen molar-refractivity contribution in [3.05, 3.63) is 0 Å². The average molecular weight is 1260 g/mol. The van der Waals surface area contributed by atoms with Gasteiger partial charge in [0.25, 0.3) is 0 Å². The predicted molar refractivity (Wildman–Crippen MR) is 340 cm³/mol. The van der Waals surface area contributed by atoms with Crippen molar-refractivity contribution in [1.29, 1.82) is 0 Å². The number of phosphoric ester groups is 2. The molecule has 3 N–H and O–H groups in total. The fraction of sp³-hybridized carbons (Fsp3) is 0.939. The lowest BCUT2D eigenvalue weighted by Gasteiger charge is -2.21. The average Bonchev–Trinajstić information content (AvgIpc) is 3.55. The van der Waals surface area contributed by atoms with Gasteiger partial charge in [-0.3, -0.25) is 37.3 Å². The van der Waals surface area contributed by atoms with Gasteiger partial charge < -0.3 is 33.8 Å². The lowest BCUT2D eigenvalue weighted by molar-refractivity contribution is -0.161. The first kappa shape index (κ1) is 83.1. The predicted octanol–water partition coefficient (Wildman–Crippen LogP) is 18.4. The summed E-state index contributed by atoms with van der Waals surface area (Å²) in [7, 11) is -9.88. The van der Waals surface area contributed by atoms with Crippen LogP contribution in [0.3, 0.4) is 0 Å². The van der Waals surface area contributed by atoms with Crippen molar-refractivity contribution in [3.8, 4) is 0 Å². The van der Waals surface area contributed by atoms with E-state index in [9.17, 15) is 43.2 Å². The number of esters is 4. The summed E-state index contributed by atoms with van der Waals surface area (Å²) in [6.07, 6.45) is 42.0. The Bertz CT molecular complexity index is 1670. The van der Waals surface area contributed by atoms with Crippen molar-refractivity contribution < 1.29 is 80.2 Å². The topological polar surface area (TPSA) is 237 Å². The van der Waals surface area contributed by atoms with Gasteiger partial charge in [-0.15, -0.1) is 0 Å². The molecule has 0 aromatic rings. The Morgan fingerprint density at radius 3 is 0.800 bits per heavy atom. The SMILES string of the molecule is CCCCCCCCCCCCC(=O)O[C@H](COC(=O)CCCCCCC)COP(=O)(O)OC[C@H](O)COP(=O)(O)OC[C@@H](COC(=O)CCCCCCCCCCCCC(C)C)OC(=O)CCCCCCCCCCCCCCCCC(C)C. The van der Waals surface area contributed by atoms with Gasteiger partial charge in [0.1, 0.15) is 19.3 Å². The van der Waals surface area contributed by atoms with Gasteiger partial charge in [0.15, 0.2) is 12.2 Å². The summed E-state index contributed by atoms with van der Waals surface area (Å²) in [5.41, 5.74) is 0. The Morgan fingerprint density at radius 2 is 0.541 bits per heavy atom. The molecule has 17 nitrogen and oxygen atoms in total. The zero-order valence-corrected chi connectivity index (χ0v) is 56.7. The number of aliphatic hydroxyl groups excluding tert-OH is 1. The minimum absolute atomic E-state index is 0.105. The van der Waals surface area contributed by atoms with Gasteiger partial charge in [0.2, 0.25) is 0 Å². The van der Waals surface area contributed by atoms with Gasteiger partial charge in [0, 0.05) is 25.7 Å². The van der Waals surface area contributed by atoms with Crippen molar-refractivity contribution in [2.45, 2.75) is 349 Å². The molecular formula is C66H128O17P2. The highest BCUT2D eigenvalue weighted by Gasteiger charge is 2.30. The normalized spacial score (nSPS) is 14.2. The zero-order valence-electron chi connectivity index (χ0n) is 54.9. The van der Waals surface area contributed by atoms with Crippen LogP contribution >= 0.6 is 15.6 Å². The van der Waals surface area contributed by atoms with Crippen LogP contribution < -0.4 is 0 Å². The molecule has 0 aromatic heterocycles. The molecule has 0 heterocycles. The number of carbonyl (C=O) groups is 4. The van der Waals surface area contributed by atoms with E-state index in [1.165, 1.54) is 141 Å². The van der Waals surface area contributed by atoms with E-state index in [4.69, 9.17) is 37.0 Å². The van der Waals surface area contributed by atoms with E-state index in [0.717, 1.165) is 108 Å². The molecule has 85 heavy (non-hydrogen) atoms. The molecule has 2 unspecified atom stereocenters. The van der Waals surface area contributed by atoms with Crippen LogP contribution in [-0.4, -0.2) is 96.7 Å². The van der Waals surface area contributed by atoms with E-state index in [0.29, 0.717) is 25.7 Å². The van der Waals surface area contributed by atoms with E-state index in [1.54, 1.807) is 0 Å². The summed E-state index contributed by atoms with van der Waals surface area (Å²) in [6, 6.07) is 0. The van der Waals surface area contributed by atoms with Crippen LogP contribution in [0.2, 0.25) is 0 Å². The van der Waals surface area contributed by atoms with Crippen LogP contribution in [0.4, 0.5) is 0 Å². The standard InChI is InChI=1S/C66H128O17P2/c1-7-9-11-13-14-15-26-32-38-44-50-65(70)82-61(54-76-63(68)48-42-34-12-10-8-2)56-80-84(72,73)78-52-60(67)53-79-85(74,75)81-57-62(55-77-64(69)49-43-37-31-27-23-22-25-30-36-41-47-59(5)6)83-66(71)51-45-39-33-28-21-19-17-16-18-20-24-29-35-40-46-58(3)4/h58-62,67H,7-57H2,1-6H3,(H,72,73)(H,74,75)/t60-,61+,62+/m0/s1. The van der Waals surface area contributed by atoms with Crippen LogP contribution in [0.1, 0.15) is 330 Å². The van der Waals surface area contributed by atoms with Gasteiger partial charge in [-0.25, -0.2) is 9.13 Å². The fourth-order valence-corrected chi connectivity index (χ4v) is 11.5. The number of phosphoric acid groups is 2. The molecule has 504 valence electrons. The fourth-order valence-electron chi connectivity index (χ4n) is 9.88. The summed E-state index contributed by atoms with van der Waals surface area (Å²) >= 11 is 0. The van der Waals surface area contributed by atoms with Gasteiger partial charge in [-0.1, -0.05) is 279 Å². The number of carbonyl (C=O) groups excluding carboxylic acids is 4. The van der Waals surface area contributed by atoms with Crippen LogP contribution in [-0.2, 0) is 65.4 Å². The minimum Gasteiger partial charge on any atom is -0.462 e. The molecular weight excluding hydrogens is 1130 g/mol.